The van der Waals surface area contributed by atoms with Gasteiger partial charge in [-0.3, -0.25) is 4.98 Å². The average Bonchev–Trinajstić information content (AvgIpc) is 2.04. The molecule has 3 heteroatoms. The van der Waals surface area contributed by atoms with E-state index in [1.165, 1.54) is 0 Å². The lowest BCUT2D eigenvalue weighted by Gasteiger charge is -2.07. The third kappa shape index (κ3) is 1.91. The lowest BCUT2D eigenvalue weighted by atomic mass is 10.1. The summed E-state index contributed by atoms with van der Waals surface area (Å²) in [5, 5.41) is 9.96. The first-order valence-corrected chi connectivity index (χ1v) is 3.91. The van der Waals surface area contributed by atoms with Crippen LogP contribution in [-0.2, 0) is 0 Å². The number of hydrogen-bond donors (Lipinski definition) is 1. The van der Waals surface area contributed by atoms with Crippen LogP contribution < -0.4 is 0 Å². The maximum absolute atomic E-state index is 9.39. The molecule has 0 saturated heterocycles. The van der Waals surface area contributed by atoms with Gasteiger partial charge in [-0.1, -0.05) is 18.5 Å². The van der Waals surface area contributed by atoms with E-state index in [0.717, 1.165) is 0 Å². The zero-order valence-electron chi connectivity index (χ0n) is 6.29. The molecule has 0 saturated carbocycles. The van der Waals surface area contributed by atoms with Gasteiger partial charge in [0, 0.05) is 23.0 Å². The van der Waals surface area contributed by atoms with Gasteiger partial charge in [-0.25, -0.2) is 0 Å². The number of aliphatic hydroxyl groups excluding tert-OH is 1. The molecule has 0 aliphatic carbocycles. The lowest BCUT2D eigenvalue weighted by molar-refractivity contribution is 0.173. The second-order valence-corrected chi connectivity index (χ2v) is 2.73. The molecule has 0 aromatic carbocycles. The van der Waals surface area contributed by atoms with E-state index in [1.807, 2.05) is 6.92 Å². The number of nitrogens with zero attached hydrogens (tertiary/aromatic N) is 1. The van der Waals surface area contributed by atoms with E-state index in [2.05, 4.69) is 4.98 Å². The molecule has 1 atom stereocenters. The van der Waals surface area contributed by atoms with Crippen LogP contribution in [0.25, 0.3) is 0 Å². The zero-order chi connectivity index (χ0) is 8.27. The number of pyridine rings is 1. The summed E-state index contributed by atoms with van der Waals surface area (Å²) in [4.78, 5) is 3.87. The van der Waals surface area contributed by atoms with Gasteiger partial charge in [-0.05, 0) is 12.5 Å². The number of hydrogen-bond acceptors (Lipinski definition) is 2. The van der Waals surface area contributed by atoms with E-state index in [9.17, 15) is 5.11 Å². The Labute approximate surface area is 70.8 Å². The molecule has 0 aliphatic rings. The van der Waals surface area contributed by atoms with Crippen LogP contribution >= 0.6 is 11.6 Å². The Bertz CT molecular complexity index is 239. The third-order valence-electron chi connectivity index (χ3n) is 1.54. The summed E-state index contributed by atoms with van der Waals surface area (Å²) in [6.07, 6.45) is 3.37. The highest BCUT2D eigenvalue weighted by Gasteiger charge is 2.07. The molecule has 1 aromatic rings. The zero-order valence-corrected chi connectivity index (χ0v) is 7.04. The van der Waals surface area contributed by atoms with Gasteiger partial charge in [-0.15, -0.1) is 0 Å². The minimum atomic E-state index is -0.490. The summed E-state index contributed by atoms with van der Waals surface area (Å²) in [7, 11) is 0. The molecule has 60 valence electrons. The fraction of sp³-hybridized carbons (Fsp3) is 0.375. The van der Waals surface area contributed by atoms with Crippen LogP contribution in [0.1, 0.15) is 25.0 Å². The molecule has 0 radical (unpaired) electrons. The van der Waals surface area contributed by atoms with E-state index in [4.69, 9.17) is 11.6 Å². The molecule has 0 amide bonds. The monoisotopic (exact) mass is 171 g/mol. The van der Waals surface area contributed by atoms with Crippen molar-refractivity contribution in [3.63, 3.8) is 0 Å². The van der Waals surface area contributed by atoms with Crippen molar-refractivity contribution in [3.05, 3.63) is 29.0 Å². The summed E-state index contributed by atoms with van der Waals surface area (Å²) >= 11 is 5.80. The van der Waals surface area contributed by atoms with Crippen LogP contribution in [0.4, 0.5) is 0 Å². The number of rotatable bonds is 2. The minimum Gasteiger partial charge on any atom is -0.388 e. The third-order valence-corrected chi connectivity index (χ3v) is 1.89. The van der Waals surface area contributed by atoms with Gasteiger partial charge in [-0.2, -0.15) is 0 Å². The Morgan fingerprint density at radius 3 is 3.00 bits per heavy atom. The summed E-state index contributed by atoms with van der Waals surface area (Å²) in [5.41, 5.74) is 0.705. The second kappa shape index (κ2) is 3.69. The van der Waals surface area contributed by atoms with Crippen molar-refractivity contribution in [2.75, 3.05) is 0 Å². The number of halogens is 1. The van der Waals surface area contributed by atoms with Crippen molar-refractivity contribution in [1.29, 1.82) is 0 Å². The molecule has 11 heavy (non-hydrogen) atoms. The van der Waals surface area contributed by atoms with E-state index < -0.39 is 6.10 Å². The molecule has 1 aromatic heterocycles. The van der Waals surface area contributed by atoms with Crippen LogP contribution in [0.15, 0.2) is 18.5 Å². The molecule has 0 fully saturated rings. The predicted molar refractivity (Wildman–Crippen MR) is 44.5 cm³/mol. The molecule has 2 nitrogen and oxygen atoms in total. The van der Waals surface area contributed by atoms with Crippen LogP contribution in [-0.4, -0.2) is 10.1 Å². The molecule has 1 unspecified atom stereocenters. The first-order chi connectivity index (χ1) is 5.25. The Balaban J connectivity index is 2.93. The maximum Gasteiger partial charge on any atom is 0.0816 e. The van der Waals surface area contributed by atoms with Gasteiger partial charge in [0.2, 0.25) is 0 Å². The number of aliphatic hydroxyl groups is 1. The molecule has 1 N–H and O–H groups in total. The highest BCUT2D eigenvalue weighted by molar-refractivity contribution is 6.31. The lowest BCUT2D eigenvalue weighted by Crippen LogP contribution is -1.96. The van der Waals surface area contributed by atoms with Crippen LogP contribution in [0, 0.1) is 0 Å². The van der Waals surface area contributed by atoms with Crippen molar-refractivity contribution >= 4 is 11.6 Å². The standard InChI is InChI=1S/C8H10ClNO/c1-2-8(11)6-5-10-4-3-7(6)9/h3-5,8,11H,2H2,1H3. The SMILES string of the molecule is CCC(O)c1cnccc1Cl. The van der Waals surface area contributed by atoms with Gasteiger partial charge >= 0.3 is 0 Å². The topological polar surface area (TPSA) is 33.1 Å². The number of aromatic nitrogens is 1. The van der Waals surface area contributed by atoms with Gasteiger partial charge in [0.05, 0.1) is 6.10 Å². The van der Waals surface area contributed by atoms with Crippen LogP contribution in [0.5, 0.6) is 0 Å². The Morgan fingerprint density at radius 1 is 1.73 bits per heavy atom. The first-order valence-electron chi connectivity index (χ1n) is 3.53. The molecular weight excluding hydrogens is 162 g/mol. The molecular formula is C8H10ClNO. The Kier molecular flexibility index (Phi) is 2.85. The highest BCUT2D eigenvalue weighted by Crippen LogP contribution is 2.22. The van der Waals surface area contributed by atoms with Crippen LogP contribution in [0.3, 0.4) is 0 Å². The Morgan fingerprint density at radius 2 is 2.45 bits per heavy atom. The summed E-state index contributed by atoms with van der Waals surface area (Å²) in [6, 6.07) is 1.68. The maximum atomic E-state index is 9.39. The summed E-state index contributed by atoms with van der Waals surface area (Å²) < 4.78 is 0. The summed E-state index contributed by atoms with van der Waals surface area (Å²) in [6.45, 7) is 1.90. The normalized spacial score (nSPS) is 13.0. The van der Waals surface area contributed by atoms with Crippen LogP contribution in [0.2, 0.25) is 5.02 Å². The average molecular weight is 172 g/mol. The first kappa shape index (κ1) is 8.50. The van der Waals surface area contributed by atoms with Crippen molar-refractivity contribution in [1.82, 2.24) is 4.98 Å². The van der Waals surface area contributed by atoms with E-state index >= 15 is 0 Å². The van der Waals surface area contributed by atoms with Gasteiger partial charge < -0.3 is 5.11 Å². The largest absolute Gasteiger partial charge is 0.388 e. The van der Waals surface area contributed by atoms with E-state index in [-0.39, 0.29) is 0 Å². The molecule has 0 aliphatic heterocycles. The fourth-order valence-corrected chi connectivity index (χ4v) is 1.09. The molecule has 1 rings (SSSR count). The van der Waals surface area contributed by atoms with Crippen molar-refractivity contribution in [2.45, 2.75) is 19.4 Å². The molecule has 0 spiro atoms. The van der Waals surface area contributed by atoms with Crippen molar-refractivity contribution < 1.29 is 5.11 Å². The van der Waals surface area contributed by atoms with Gasteiger partial charge in [0.1, 0.15) is 0 Å². The van der Waals surface area contributed by atoms with E-state index in [1.54, 1.807) is 18.5 Å². The van der Waals surface area contributed by atoms with Gasteiger partial charge in [0.15, 0.2) is 0 Å². The molecule has 0 bridgehead atoms. The second-order valence-electron chi connectivity index (χ2n) is 2.32. The minimum absolute atomic E-state index is 0.490. The quantitative estimate of drug-likeness (QED) is 0.740. The fourth-order valence-electron chi connectivity index (χ4n) is 0.855. The van der Waals surface area contributed by atoms with Gasteiger partial charge in [0.25, 0.3) is 0 Å². The molecule has 1 heterocycles. The van der Waals surface area contributed by atoms with Crippen molar-refractivity contribution in [3.8, 4) is 0 Å². The smallest absolute Gasteiger partial charge is 0.0816 e. The highest BCUT2D eigenvalue weighted by atomic mass is 35.5. The van der Waals surface area contributed by atoms with E-state index in [0.29, 0.717) is 17.0 Å². The summed E-state index contributed by atoms with van der Waals surface area (Å²) in [5.74, 6) is 0. The van der Waals surface area contributed by atoms with Crippen molar-refractivity contribution in [2.24, 2.45) is 0 Å². The predicted octanol–water partition coefficient (Wildman–Crippen LogP) is 2.18. The Hall–Kier alpha value is -0.600.